The Morgan fingerprint density at radius 2 is 1.64 bits per heavy atom. The molecule has 1 aliphatic heterocycles. The monoisotopic (exact) mass is 450 g/mol. The van der Waals surface area contributed by atoms with Gasteiger partial charge in [0.2, 0.25) is 0 Å². The molecule has 3 aliphatic rings. The number of allylic oxidation sites excluding steroid dienone is 1. The summed E-state index contributed by atoms with van der Waals surface area (Å²) in [7, 11) is 0. The molecule has 1 aromatic carbocycles. The van der Waals surface area contributed by atoms with Crippen LogP contribution in [-0.4, -0.2) is 45.2 Å². The zero-order valence-electron chi connectivity index (χ0n) is 18.3. The molecule has 2 aliphatic carbocycles. The molecule has 2 aromatic rings. The number of aliphatic hydroxyl groups excluding tert-OH is 1. The molecule has 33 heavy (non-hydrogen) atoms. The molecule has 0 amide bonds. The van der Waals surface area contributed by atoms with E-state index in [2.05, 4.69) is 4.98 Å². The Morgan fingerprint density at radius 1 is 1.00 bits per heavy atom. The second-order valence-electron chi connectivity index (χ2n) is 8.80. The van der Waals surface area contributed by atoms with Crippen molar-refractivity contribution >= 4 is 17.3 Å². The first kappa shape index (κ1) is 21.7. The molecule has 0 atom stereocenters. The Hall–Kier alpha value is -3.10. The lowest BCUT2D eigenvalue weighted by Crippen LogP contribution is -2.39. The van der Waals surface area contributed by atoms with Crippen molar-refractivity contribution in [1.29, 1.82) is 0 Å². The molecule has 2 heterocycles. The van der Waals surface area contributed by atoms with Gasteiger partial charge in [-0.25, -0.2) is 4.98 Å². The summed E-state index contributed by atoms with van der Waals surface area (Å²) in [4.78, 5) is 42.9. The largest absolute Gasteiger partial charge is 0.506 e. The van der Waals surface area contributed by atoms with Crippen molar-refractivity contribution in [2.24, 2.45) is 0 Å². The van der Waals surface area contributed by atoms with Crippen LogP contribution in [0.4, 0.5) is 0 Å². The zero-order chi connectivity index (χ0) is 23.0. The van der Waals surface area contributed by atoms with E-state index in [9.17, 15) is 19.5 Å². The number of carbonyl (C=O) groups is 2. The van der Waals surface area contributed by atoms with Gasteiger partial charge in [-0.3, -0.25) is 19.0 Å². The fourth-order valence-electron chi connectivity index (χ4n) is 5.07. The molecule has 1 spiro atoms. The van der Waals surface area contributed by atoms with Crippen LogP contribution in [0.5, 0.6) is 0 Å². The van der Waals surface area contributed by atoms with E-state index in [1.54, 1.807) is 4.57 Å². The van der Waals surface area contributed by atoms with Gasteiger partial charge >= 0.3 is 0 Å². The molecule has 1 aromatic heterocycles. The maximum atomic E-state index is 13.7. The van der Waals surface area contributed by atoms with Crippen LogP contribution in [0.25, 0.3) is 17.1 Å². The summed E-state index contributed by atoms with van der Waals surface area (Å²) < 4.78 is 13.3. The molecule has 5 rings (SSSR count). The van der Waals surface area contributed by atoms with E-state index >= 15 is 0 Å². The smallest absolute Gasteiger partial charge is 0.265 e. The lowest BCUT2D eigenvalue weighted by atomic mass is 9.89. The van der Waals surface area contributed by atoms with Crippen molar-refractivity contribution in [2.45, 2.75) is 56.8 Å². The van der Waals surface area contributed by atoms with Gasteiger partial charge in [0, 0.05) is 43.5 Å². The van der Waals surface area contributed by atoms with Gasteiger partial charge in [0.25, 0.3) is 5.56 Å². The molecular formula is C25H26N2O6. The minimum Gasteiger partial charge on any atom is -0.506 e. The number of Topliss-reactive ketones (excluding diaryl/α,β-unsaturated/α-hetero) is 2. The molecule has 2 saturated carbocycles. The van der Waals surface area contributed by atoms with Gasteiger partial charge < -0.3 is 14.6 Å². The fraction of sp³-hybridized carbons (Fsp3) is 0.440. The van der Waals surface area contributed by atoms with Gasteiger partial charge in [-0.2, -0.15) is 0 Å². The molecule has 3 fully saturated rings. The summed E-state index contributed by atoms with van der Waals surface area (Å²) in [5, 5.41) is 10.9. The number of hydrogen-bond acceptors (Lipinski definition) is 7. The maximum absolute atomic E-state index is 13.7. The molecule has 8 heteroatoms. The first-order valence-electron chi connectivity index (χ1n) is 11.4. The molecular weight excluding hydrogens is 424 g/mol. The highest BCUT2D eigenvalue weighted by Crippen LogP contribution is 2.41. The quantitative estimate of drug-likeness (QED) is 0.434. The van der Waals surface area contributed by atoms with E-state index in [1.807, 2.05) is 30.3 Å². The number of nitrogens with zero attached hydrogens (tertiary/aromatic N) is 2. The van der Waals surface area contributed by atoms with E-state index in [4.69, 9.17) is 9.47 Å². The van der Waals surface area contributed by atoms with Crippen molar-refractivity contribution < 1.29 is 24.2 Å². The van der Waals surface area contributed by atoms with Crippen molar-refractivity contribution in [3.8, 4) is 11.4 Å². The van der Waals surface area contributed by atoms with Crippen LogP contribution in [0, 0.1) is 0 Å². The lowest BCUT2D eigenvalue weighted by Gasteiger charge is -2.36. The third-order valence-corrected chi connectivity index (χ3v) is 6.78. The van der Waals surface area contributed by atoms with Gasteiger partial charge in [0.1, 0.15) is 22.7 Å². The van der Waals surface area contributed by atoms with Crippen LogP contribution in [0.3, 0.4) is 0 Å². The summed E-state index contributed by atoms with van der Waals surface area (Å²) in [5.74, 6) is -1.53. The molecule has 1 saturated heterocycles. The average molecular weight is 450 g/mol. The zero-order valence-corrected chi connectivity index (χ0v) is 18.3. The van der Waals surface area contributed by atoms with Gasteiger partial charge in [0.15, 0.2) is 17.4 Å². The van der Waals surface area contributed by atoms with E-state index in [1.165, 1.54) is 6.20 Å². The third-order valence-electron chi connectivity index (χ3n) is 6.78. The predicted octanol–water partition coefficient (Wildman–Crippen LogP) is 3.36. The van der Waals surface area contributed by atoms with E-state index in [0.717, 1.165) is 5.56 Å². The Bertz CT molecular complexity index is 1150. The van der Waals surface area contributed by atoms with Crippen LogP contribution in [0.15, 0.2) is 46.9 Å². The van der Waals surface area contributed by atoms with E-state index < -0.39 is 28.7 Å². The fourth-order valence-corrected chi connectivity index (χ4v) is 5.07. The topological polar surface area (TPSA) is 108 Å². The molecule has 0 radical (unpaired) electrons. The Balaban J connectivity index is 1.60. The second kappa shape index (κ2) is 8.68. The number of rotatable bonds is 3. The first-order chi connectivity index (χ1) is 16.0. The van der Waals surface area contributed by atoms with Crippen molar-refractivity contribution in [1.82, 2.24) is 9.55 Å². The normalized spacial score (nSPS) is 21.0. The van der Waals surface area contributed by atoms with Crippen LogP contribution in [0.1, 0.15) is 56.6 Å². The van der Waals surface area contributed by atoms with E-state index in [0.29, 0.717) is 51.1 Å². The van der Waals surface area contributed by atoms with Gasteiger partial charge in [0.05, 0.1) is 13.2 Å². The number of benzene rings is 1. The number of aromatic nitrogens is 2. The summed E-state index contributed by atoms with van der Waals surface area (Å²) in [6.07, 6.45) is 4.66. The van der Waals surface area contributed by atoms with Crippen molar-refractivity contribution in [3.63, 3.8) is 0 Å². The predicted molar refractivity (Wildman–Crippen MR) is 119 cm³/mol. The number of ether oxygens (including phenoxy) is 2. The summed E-state index contributed by atoms with van der Waals surface area (Å²) in [5.41, 5.74) is -0.0996. The Kier molecular flexibility index (Phi) is 5.72. The number of carbonyl (C=O) groups excluding carboxylic acids is 2. The molecule has 1 N–H and O–H groups in total. The second-order valence-corrected chi connectivity index (χ2v) is 8.80. The molecule has 0 bridgehead atoms. The van der Waals surface area contributed by atoms with Crippen LogP contribution < -0.4 is 5.56 Å². The van der Waals surface area contributed by atoms with Crippen LogP contribution in [0.2, 0.25) is 0 Å². The third kappa shape index (κ3) is 3.94. The maximum Gasteiger partial charge on any atom is 0.265 e. The average Bonchev–Trinajstić information content (AvgIpc) is 3.28. The van der Waals surface area contributed by atoms with Gasteiger partial charge in [-0.1, -0.05) is 30.3 Å². The summed E-state index contributed by atoms with van der Waals surface area (Å²) in [6, 6.07) is 9.18. The minimum atomic E-state index is -0.580. The molecule has 8 nitrogen and oxygen atoms in total. The number of aliphatic hydroxyl groups is 1. The first-order valence-corrected chi connectivity index (χ1v) is 11.4. The number of ketones is 2. The molecule has 172 valence electrons. The van der Waals surface area contributed by atoms with Gasteiger partial charge in [-0.05, 0) is 19.3 Å². The highest BCUT2D eigenvalue weighted by molar-refractivity contribution is 6.25. The number of hydrogen-bond donors (Lipinski definition) is 1. The SMILES string of the molecule is O=C1CCCC(=O)C1=C(O)c1cnc(-c2ccccc2)n(C2CCC3(CC2)OCCO3)c1=O. The van der Waals surface area contributed by atoms with E-state index in [-0.39, 0.29) is 30.0 Å². The standard InChI is InChI=1S/C25H26N2O6/c28-19-7-4-8-20(29)21(19)22(30)18-15-26-23(16-5-2-1-3-6-16)27(24(18)31)17-9-11-25(12-10-17)32-13-14-33-25/h1-3,5-6,15,17,30H,4,7-14H2. The Morgan fingerprint density at radius 3 is 2.27 bits per heavy atom. The van der Waals surface area contributed by atoms with Crippen molar-refractivity contribution in [2.75, 3.05) is 13.2 Å². The summed E-state index contributed by atoms with van der Waals surface area (Å²) >= 11 is 0. The highest BCUT2D eigenvalue weighted by Gasteiger charge is 2.41. The van der Waals surface area contributed by atoms with Crippen molar-refractivity contribution in [3.05, 3.63) is 58.0 Å². The Labute approximate surface area is 190 Å². The lowest BCUT2D eigenvalue weighted by molar-refractivity contribution is -0.181. The van der Waals surface area contributed by atoms with Crippen LogP contribution in [-0.2, 0) is 19.1 Å². The minimum absolute atomic E-state index is 0.123. The van der Waals surface area contributed by atoms with Crippen LogP contribution >= 0.6 is 0 Å². The molecule has 0 unspecified atom stereocenters. The summed E-state index contributed by atoms with van der Waals surface area (Å²) in [6.45, 7) is 1.14. The highest BCUT2D eigenvalue weighted by atomic mass is 16.7. The van der Waals surface area contributed by atoms with Gasteiger partial charge in [-0.15, -0.1) is 0 Å².